The lowest BCUT2D eigenvalue weighted by atomic mass is 9.37. The van der Waals surface area contributed by atoms with Crippen molar-refractivity contribution in [1.82, 2.24) is 0 Å². The lowest BCUT2D eigenvalue weighted by molar-refractivity contribution is 0.491. The van der Waals surface area contributed by atoms with Crippen molar-refractivity contribution in [2.24, 2.45) is 0 Å². The summed E-state index contributed by atoms with van der Waals surface area (Å²) in [5, 5.41) is 0. The van der Waals surface area contributed by atoms with Gasteiger partial charge in [0.1, 0.15) is 11.5 Å². The zero-order valence-electron chi connectivity index (χ0n) is 38.1. The topological polar surface area (TPSA) is 22.2 Å². The van der Waals surface area contributed by atoms with Crippen LogP contribution in [0.25, 0.3) is 11.1 Å². The van der Waals surface area contributed by atoms with Crippen LogP contribution in [-0.2, 0) is 0 Å². The molecule has 2 heterocycles. The maximum atomic E-state index is 7.30. The first kappa shape index (κ1) is 41.9. The average molecular weight is 882 g/mol. The van der Waals surface area contributed by atoms with Crippen LogP contribution in [0.2, 0.25) is 0 Å². The summed E-state index contributed by atoms with van der Waals surface area (Å²) >= 11 is 0. The summed E-state index contributed by atoms with van der Waals surface area (Å²) < 4.78 is 15.2. The Bertz CT molecular complexity index is 3220. The molecule has 0 atom stereocenters. The molecule has 5 nitrogen and oxygen atoms in total. The fourth-order valence-electron chi connectivity index (χ4n) is 10.6. The number of nitrogens with zero attached hydrogens (tertiary/aromatic N) is 4. The normalized spacial score (nSPS) is 13.4. The summed E-state index contributed by atoms with van der Waals surface area (Å²) in [6.45, 7) is -0.933. The Morgan fingerprint density at radius 3 is 1.20 bits per heavy atom. The Morgan fingerprint density at radius 2 is 0.696 bits per heavy atom. The third kappa shape index (κ3) is 7.82. The van der Waals surface area contributed by atoms with E-state index in [1.54, 1.807) is 0 Å². The van der Waals surface area contributed by atoms with Gasteiger partial charge in [-0.3, -0.25) is 0 Å². The summed E-state index contributed by atoms with van der Waals surface area (Å²) in [6, 6.07) is 101. The van der Waals surface area contributed by atoms with Crippen molar-refractivity contribution >= 4 is 83.5 Å². The molecule has 1 fully saturated rings. The highest BCUT2D eigenvalue weighted by Gasteiger charge is 2.56. The number of ether oxygens (including phenoxy) is 1. The minimum absolute atomic E-state index is 0.184. The van der Waals surface area contributed by atoms with Gasteiger partial charge in [-0.2, -0.15) is 0 Å². The highest BCUT2D eigenvalue weighted by molar-refractivity contribution is 7.14. The molecule has 324 valence electrons. The molecule has 0 spiro atoms. The molecule has 1 saturated heterocycles. The first-order valence-corrected chi connectivity index (χ1v) is 23.8. The molecule has 0 radical (unpaired) electrons. The van der Waals surface area contributed by atoms with Crippen LogP contribution in [0, 0.1) is 0 Å². The van der Waals surface area contributed by atoms with Crippen LogP contribution < -0.4 is 51.0 Å². The van der Waals surface area contributed by atoms with E-state index in [2.05, 4.69) is 298 Å². The molecule has 0 N–H and O–H groups in total. The standard InChI is InChI=1S/C60H46B4N4O/c1-8-27-48(28-9-1)61-57-43-25-42-56(60(57)69-59-45-23-22-44-58(59)65(61)52-35-16-5-17-36-52)47-26-24-41-55(46-47)68-63(50-31-12-3-13-32-50)66(53-37-18-6-19-38-53)62(49-29-10-2-11-30-49)67(54-39-20-7-21-40-54)64(68)51-33-14-4-15-34-51/h1-46H. The number of para-hydroxylation sites is 6. The maximum Gasteiger partial charge on any atom is 0.388 e. The van der Waals surface area contributed by atoms with Crippen LogP contribution in [0.15, 0.2) is 279 Å². The Hall–Kier alpha value is -8.54. The van der Waals surface area contributed by atoms with Crippen molar-refractivity contribution in [1.29, 1.82) is 0 Å². The number of anilines is 5. The Kier molecular flexibility index (Phi) is 11.3. The molecule has 10 aromatic rings. The zero-order chi connectivity index (χ0) is 45.9. The van der Waals surface area contributed by atoms with E-state index in [9.17, 15) is 0 Å². The van der Waals surface area contributed by atoms with Crippen LogP contribution in [0.3, 0.4) is 0 Å². The fourth-order valence-corrected chi connectivity index (χ4v) is 10.6. The van der Waals surface area contributed by atoms with Crippen molar-refractivity contribution in [3.63, 3.8) is 0 Å². The highest BCUT2D eigenvalue weighted by Crippen LogP contribution is 2.44. The minimum atomic E-state index is -0.267. The van der Waals surface area contributed by atoms with Crippen molar-refractivity contribution in [2.45, 2.75) is 0 Å². The fraction of sp³-hybridized carbons (Fsp3) is 0. The average Bonchev–Trinajstić information content (AvgIpc) is 3.59. The van der Waals surface area contributed by atoms with E-state index < -0.39 is 0 Å². The van der Waals surface area contributed by atoms with E-state index >= 15 is 0 Å². The second-order valence-electron chi connectivity index (χ2n) is 17.6. The maximum absolute atomic E-state index is 7.30. The molecule has 9 heteroatoms. The van der Waals surface area contributed by atoms with Gasteiger partial charge in [0.15, 0.2) is 0 Å². The zero-order valence-corrected chi connectivity index (χ0v) is 38.1. The first-order chi connectivity index (χ1) is 34.3. The van der Waals surface area contributed by atoms with E-state index in [4.69, 9.17) is 4.74 Å². The molecule has 0 aliphatic carbocycles. The molecule has 0 unspecified atom stereocenters. The molecule has 0 bridgehead atoms. The number of fused-ring (bicyclic) bond motifs is 2. The molecule has 0 saturated carbocycles. The molecule has 10 aromatic carbocycles. The van der Waals surface area contributed by atoms with Gasteiger partial charge in [-0.25, -0.2) is 0 Å². The van der Waals surface area contributed by atoms with Gasteiger partial charge < -0.3 is 23.7 Å². The summed E-state index contributed by atoms with van der Waals surface area (Å²) in [5.41, 5.74) is 13.3. The second kappa shape index (κ2) is 18.6. The van der Waals surface area contributed by atoms with Crippen LogP contribution in [0.1, 0.15) is 0 Å². The lowest BCUT2D eigenvalue weighted by Crippen LogP contribution is -2.86. The van der Waals surface area contributed by atoms with Crippen LogP contribution in [0.4, 0.5) is 28.4 Å². The molecular formula is C60H46B4N4O. The lowest BCUT2D eigenvalue weighted by Gasteiger charge is -2.57. The van der Waals surface area contributed by atoms with Crippen molar-refractivity contribution in [3.8, 4) is 22.6 Å². The third-order valence-electron chi connectivity index (χ3n) is 13.5. The van der Waals surface area contributed by atoms with Gasteiger partial charge in [0, 0.05) is 28.3 Å². The van der Waals surface area contributed by atoms with Gasteiger partial charge in [-0.05, 0) is 88.1 Å². The van der Waals surface area contributed by atoms with E-state index in [1.807, 2.05) is 0 Å². The van der Waals surface area contributed by atoms with Gasteiger partial charge in [-0.15, -0.1) is 0 Å². The van der Waals surface area contributed by atoms with Crippen molar-refractivity contribution < 1.29 is 4.74 Å². The third-order valence-corrected chi connectivity index (χ3v) is 13.5. The van der Waals surface area contributed by atoms with Crippen LogP contribution in [0.5, 0.6) is 11.5 Å². The molecule has 0 amide bonds. The van der Waals surface area contributed by atoms with Crippen LogP contribution in [-0.4, -0.2) is 27.8 Å². The number of hydrogen-bond donors (Lipinski definition) is 0. The SMILES string of the molecule is c1ccc(B2N(c3ccccc3)B(c3ccccc3)N(c3cccc(-c4cccc5c4Oc4ccccc4N(c4ccccc4)B5c4ccccc4)c3)B(c3ccccc3)N2c2ccccc2)cc1. The quantitative estimate of drug-likeness (QED) is 0.134. The highest BCUT2D eigenvalue weighted by atomic mass is 16.5. The molecule has 69 heavy (non-hydrogen) atoms. The van der Waals surface area contributed by atoms with Gasteiger partial charge in [0.2, 0.25) is 0 Å². The van der Waals surface area contributed by atoms with E-state index in [0.717, 1.165) is 56.5 Å². The largest absolute Gasteiger partial charge is 0.455 e. The van der Waals surface area contributed by atoms with E-state index in [-0.39, 0.29) is 27.8 Å². The van der Waals surface area contributed by atoms with Crippen molar-refractivity contribution in [2.75, 3.05) is 19.0 Å². The molecule has 0 aromatic heterocycles. The molecule has 12 rings (SSSR count). The van der Waals surface area contributed by atoms with Crippen molar-refractivity contribution in [3.05, 3.63) is 279 Å². The predicted octanol–water partition coefficient (Wildman–Crippen LogP) is 10.4. The van der Waals surface area contributed by atoms with Gasteiger partial charge in [-0.1, -0.05) is 224 Å². The molecule has 2 aliphatic heterocycles. The Labute approximate surface area is 407 Å². The van der Waals surface area contributed by atoms with Gasteiger partial charge in [0.25, 0.3) is 0 Å². The number of benzene rings is 10. The molecule has 2 aliphatic rings. The summed E-state index contributed by atoms with van der Waals surface area (Å²) in [5.74, 6) is 1.64. The van der Waals surface area contributed by atoms with Crippen LogP contribution >= 0.6 is 0 Å². The summed E-state index contributed by atoms with van der Waals surface area (Å²) in [4.78, 5) is 2.43. The predicted molar refractivity (Wildman–Crippen MR) is 294 cm³/mol. The number of rotatable bonds is 9. The van der Waals surface area contributed by atoms with Gasteiger partial charge in [0.05, 0.1) is 5.69 Å². The first-order valence-electron chi connectivity index (χ1n) is 23.8. The molecular weight excluding hydrogens is 836 g/mol. The van der Waals surface area contributed by atoms with E-state index in [1.165, 1.54) is 21.9 Å². The Balaban J connectivity index is 1.11. The second-order valence-corrected chi connectivity index (χ2v) is 17.6. The monoisotopic (exact) mass is 882 g/mol. The van der Waals surface area contributed by atoms with E-state index in [0.29, 0.717) is 0 Å². The smallest absolute Gasteiger partial charge is 0.388 e. The summed E-state index contributed by atoms with van der Waals surface area (Å²) in [6.07, 6.45) is 0. The minimum Gasteiger partial charge on any atom is -0.455 e. The van der Waals surface area contributed by atoms with Gasteiger partial charge >= 0.3 is 27.8 Å². The Morgan fingerprint density at radius 1 is 0.304 bits per heavy atom. The summed E-state index contributed by atoms with van der Waals surface area (Å²) in [7, 11) is 0. The number of hydrogen-bond acceptors (Lipinski definition) is 5.